The van der Waals surface area contributed by atoms with Crippen molar-refractivity contribution in [2.24, 2.45) is 0 Å². The molecule has 1 unspecified atom stereocenters. The predicted octanol–water partition coefficient (Wildman–Crippen LogP) is 4.02. The van der Waals surface area contributed by atoms with Gasteiger partial charge < -0.3 is 10.1 Å². The molecule has 0 bridgehead atoms. The van der Waals surface area contributed by atoms with Gasteiger partial charge in [-0.3, -0.25) is 0 Å². The Bertz CT molecular complexity index is 649. The highest BCUT2D eigenvalue weighted by atomic mass is 35.5. The maximum Gasteiger partial charge on any atom is 0.156 e. The quantitative estimate of drug-likeness (QED) is 0.727. The van der Waals surface area contributed by atoms with Gasteiger partial charge in [-0.2, -0.15) is 5.10 Å². The highest BCUT2D eigenvalue weighted by molar-refractivity contribution is 6.37. The van der Waals surface area contributed by atoms with Crippen molar-refractivity contribution < 1.29 is 4.74 Å². The molecule has 0 aliphatic heterocycles. The standard InChI is InChI=1S/C16H20Cl2N4O/c1-4-6-23-15-13(17)7-12(8-14(15)18)9-19-11(3)16-20-10-21-22(16)5-2/h4,7-8,10-11,19H,1,5-6,9H2,2-3H3. The minimum Gasteiger partial charge on any atom is -0.486 e. The normalized spacial score (nSPS) is 12.2. The van der Waals surface area contributed by atoms with Crippen molar-refractivity contribution in [3.05, 3.63) is 52.5 Å². The first kappa shape index (κ1) is 17.8. The first-order chi connectivity index (χ1) is 11.1. The summed E-state index contributed by atoms with van der Waals surface area (Å²) in [6.07, 6.45) is 3.21. The van der Waals surface area contributed by atoms with E-state index in [4.69, 9.17) is 27.9 Å². The Labute approximate surface area is 146 Å². The van der Waals surface area contributed by atoms with Gasteiger partial charge in [0.05, 0.1) is 16.1 Å². The maximum atomic E-state index is 6.23. The third-order valence-electron chi connectivity index (χ3n) is 3.35. The molecule has 0 amide bonds. The number of hydrogen-bond donors (Lipinski definition) is 1. The molecule has 0 saturated carbocycles. The van der Waals surface area contributed by atoms with Crippen molar-refractivity contribution >= 4 is 23.2 Å². The predicted molar refractivity (Wildman–Crippen MR) is 93.1 cm³/mol. The Morgan fingerprint density at radius 3 is 2.70 bits per heavy atom. The summed E-state index contributed by atoms with van der Waals surface area (Å²) in [5, 5.41) is 8.55. The van der Waals surface area contributed by atoms with Gasteiger partial charge in [-0.05, 0) is 31.5 Å². The molecule has 23 heavy (non-hydrogen) atoms. The van der Waals surface area contributed by atoms with E-state index >= 15 is 0 Å². The average molecular weight is 355 g/mol. The largest absolute Gasteiger partial charge is 0.486 e. The minimum absolute atomic E-state index is 0.0618. The molecule has 0 saturated heterocycles. The fraction of sp³-hybridized carbons (Fsp3) is 0.375. The summed E-state index contributed by atoms with van der Waals surface area (Å²) < 4.78 is 7.33. The fourth-order valence-corrected chi connectivity index (χ4v) is 2.85. The van der Waals surface area contributed by atoms with E-state index in [0.29, 0.717) is 28.9 Å². The zero-order valence-corrected chi connectivity index (χ0v) is 14.7. The van der Waals surface area contributed by atoms with Crippen LogP contribution in [0.15, 0.2) is 31.1 Å². The lowest BCUT2D eigenvalue weighted by Gasteiger charge is -2.15. The number of aryl methyl sites for hydroxylation is 1. The number of benzene rings is 1. The van der Waals surface area contributed by atoms with E-state index in [1.807, 2.05) is 30.7 Å². The fourth-order valence-electron chi connectivity index (χ4n) is 2.21. The van der Waals surface area contributed by atoms with E-state index in [9.17, 15) is 0 Å². The molecule has 5 nitrogen and oxygen atoms in total. The zero-order chi connectivity index (χ0) is 16.8. The smallest absolute Gasteiger partial charge is 0.156 e. The Balaban J connectivity index is 2.04. The van der Waals surface area contributed by atoms with Gasteiger partial charge in [-0.1, -0.05) is 35.9 Å². The summed E-state index contributed by atoms with van der Waals surface area (Å²) in [5.41, 5.74) is 0.973. The van der Waals surface area contributed by atoms with Gasteiger partial charge in [0.2, 0.25) is 0 Å². The van der Waals surface area contributed by atoms with Crippen LogP contribution in [0.25, 0.3) is 0 Å². The second kappa shape index (κ2) is 8.34. The van der Waals surface area contributed by atoms with E-state index < -0.39 is 0 Å². The van der Waals surface area contributed by atoms with Crippen molar-refractivity contribution in [2.45, 2.75) is 33.0 Å². The molecule has 0 radical (unpaired) electrons. The molecular formula is C16H20Cl2N4O. The average Bonchev–Trinajstić information content (AvgIpc) is 3.00. The van der Waals surface area contributed by atoms with Crippen molar-refractivity contribution in [3.63, 3.8) is 0 Å². The second-order valence-electron chi connectivity index (χ2n) is 5.02. The lowest BCUT2D eigenvalue weighted by molar-refractivity contribution is 0.363. The van der Waals surface area contributed by atoms with Gasteiger partial charge in [-0.25, -0.2) is 9.67 Å². The van der Waals surface area contributed by atoms with Crippen LogP contribution in [-0.4, -0.2) is 21.4 Å². The summed E-state index contributed by atoms with van der Waals surface area (Å²) in [7, 11) is 0. The van der Waals surface area contributed by atoms with Gasteiger partial charge in [0, 0.05) is 13.1 Å². The Hall–Kier alpha value is -1.56. The number of nitrogens with one attached hydrogen (secondary N) is 1. The molecule has 0 aliphatic rings. The lowest BCUT2D eigenvalue weighted by Crippen LogP contribution is -2.22. The number of nitrogens with zero attached hydrogens (tertiary/aromatic N) is 3. The van der Waals surface area contributed by atoms with Crippen LogP contribution >= 0.6 is 23.2 Å². The van der Waals surface area contributed by atoms with E-state index in [2.05, 4.69) is 22.0 Å². The van der Waals surface area contributed by atoms with Gasteiger partial charge in [0.1, 0.15) is 18.8 Å². The number of ether oxygens (including phenoxy) is 1. The molecule has 2 aromatic rings. The number of rotatable bonds is 8. The molecular weight excluding hydrogens is 335 g/mol. The van der Waals surface area contributed by atoms with Crippen molar-refractivity contribution in [2.75, 3.05) is 6.61 Å². The van der Waals surface area contributed by atoms with Crippen LogP contribution < -0.4 is 10.1 Å². The Morgan fingerprint density at radius 1 is 1.39 bits per heavy atom. The van der Waals surface area contributed by atoms with Crippen LogP contribution in [0.5, 0.6) is 5.75 Å². The monoisotopic (exact) mass is 354 g/mol. The van der Waals surface area contributed by atoms with E-state index in [1.54, 1.807) is 12.4 Å². The van der Waals surface area contributed by atoms with Gasteiger partial charge in [-0.15, -0.1) is 0 Å². The number of halogens is 2. The van der Waals surface area contributed by atoms with Crippen molar-refractivity contribution in [1.82, 2.24) is 20.1 Å². The third kappa shape index (κ3) is 4.47. The Morgan fingerprint density at radius 2 is 2.09 bits per heavy atom. The summed E-state index contributed by atoms with van der Waals surface area (Å²) in [6.45, 7) is 9.44. The van der Waals surface area contributed by atoms with Crippen molar-refractivity contribution in [1.29, 1.82) is 0 Å². The zero-order valence-electron chi connectivity index (χ0n) is 13.2. The second-order valence-corrected chi connectivity index (χ2v) is 5.84. The maximum absolute atomic E-state index is 6.23. The molecule has 1 aromatic carbocycles. The summed E-state index contributed by atoms with van der Waals surface area (Å²) in [4.78, 5) is 4.29. The molecule has 0 spiro atoms. The molecule has 1 N–H and O–H groups in total. The van der Waals surface area contributed by atoms with Crippen LogP contribution in [0.3, 0.4) is 0 Å². The minimum atomic E-state index is 0.0618. The molecule has 124 valence electrons. The number of hydrogen-bond acceptors (Lipinski definition) is 4. The first-order valence-corrected chi connectivity index (χ1v) is 8.15. The Kier molecular flexibility index (Phi) is 6.45. The van der Waals surface area contributed by atoms with Gasteiger partial charge >= 0.3 is 0 Å². The van der Waals surface area contributed by atoms with Crippen LogP contribution in [0.1, 0.15) is 31.3 Å². The highest BCUT2D eigenvalue weighted by Crippen LogP contribution is 2.34. The number of aromatic nitrogens is 3. The third-order valence-corrected chi connectivity index (χ3v) is 3.91. The summed E-state index contributed by atoms with van der Waals surface area (Å²) in [6, 6.07) is 3.75. The molecule has 2 rings (SSSR count). The van der Waals surface area contributed by atoms with Gasteiger partial charge in [0.25, 0.3) is 0 Å². The van der Waals surface area contributed by atoms with Crippen LogP contribution in [0.4, 0.5) is 0 Å². The van der Waals surface area contributed by atoms with Crippen molar-refractivity contribution in [3.8, 4) is 5.75 Å². The van der Waals surface area contributed by atoms with Crippen LogP contribution in [-0.2, 0) is 13.1 Å². The molecule has 1 heterocycles. The van der Waals surface area contributed by atoms with E-state index in [1.165, 1.54) is 0 Å². The van der Waals surface area contributed by atoms with Crippen LogP contribution in [0, 0.1) is 0 Å². The highest BCUT2D eigenvalue weighted by Gasteiger charge is 2.13. The molecule has 0 aliphatic carbocycles. The molecule has 1 atom stereocenters. The lowest BCUT2D eigenvalue weighted by atomic mass is 10.2. The van der Waals surface area contributed by atoms with E-state index in [0.717, 1.165) is 17.9 Å². The van der Waals surface area contributed by atoms with Crippen LogP contribution in [0.2, 0.25) is 10.0 Å². The van der Waals surface area contributed by atoms with E-state index in [-0.39, 0.29) is 6.04 Å². The topological polar surface area (TPSA) is 52.0 Å². The van der Waals surface area contributed by atoms with Gasteiger partial charge in [0.15, 0.2) is 5.75 Å². The SMILES string of the molecule is C=CCOc1c(Cl)cc(CNC(C)c2ncnn2CC)cc1Cl. The molecule has 0 fully saturated rings. The summed E-state index contributed by atoms with van der Waals surface area (Å²) in [5.74, 6) is 1.38. The molecule has 7 heteroatoms. The first-order valence-electron chi connectivity index (χ1n) is 7.39. The summed E-state index contributed by atoms with van der Waals surface area (Å²) >= 11 is 12.5. The molecule has 1 aromatic heterocycles.